The summed E-state index contributed by atoms with van der Waals surface area (Å²) in [4.78, 5) is 67.2. The normalized spacial score (nSPS) is 30.0. The van der Waals surface area contributed by atoms with Crippen LogP contribution in [0.2, 0.25) is 0 Å². The Bertz CT molecular complexity index is 1820. The van der Waals surface area contributed by atoms with Gasteiger partial charge in [0, 0.05) is 39.0 Å². The second kappa shape index (κ2) is 34.0. The Hall–Kier alpha value is -4.19. The summed E-state index contributed by atoms with van der Waals surface area (Å²) in [6, 6.07) is 7.92. The van der Waals surface area contributed by atoms with Gasteiger partial charge in [0.25, 0.3) is 0 Å². The Morgan fingerprint density at radius 1 is 0.500 bits per heavy atom. The van der Waals surface area contributed by atoms with E-state index < -0.39 is 155 Å². The highest BCUT2D eigenvalue weighted by molar-refractivity contribution is 5.86. The first-order valence-electron chi connectivity index (χ1n) is 25.2. The summed E-state index contributed by atoms with van der Waals surface area (Å²) >= 11 is 0. The number of esters is 1. The lowest BCUT2D eigenvalue weighted by molar-refractivity contribution is -0.300. The molecule has 3 saturated heterocycles. The Morgan fingerprint density at radius 3 is 1.37 bits per heavy atom. The van der Waals surface area contributed by atoms with Crippen LogP contribution >= 0.6 is 0 Å². The smallest absolute Gasteiger partial charge is 0.306 e. The van der Waals surface area contributed by atoms with Gasteiger partial charge in [-0.1, -0.05) is 30.3 Å². The molecule has 0 saturated carbocycles. The van der Waals surface area contributed by atoms with Crippen LogP contribution in [-0.2, 0) is 63.7 Å². The molecule has 4 amide bonds. The molecule has 29 heteroatoms. The highest BCUT2D eigenvalue weighted by Gasteiger charge is 2.46. The minimum absolute atomic E-state index is 0.0125. The van der Waals surface area contributed by atoms with E-state index in [1.54, 1.807) is 0 Å². The molecular weight excluding hydrogens is 1020 g/mol. The van der Waals surface area contributed by atoms with E-state index in [0.717, 1.165) is 5.56 Å². The first kappa shape index (κ1) is 64.3. The fourth-order valence-corrected chi connectivity index (χ4v) is 8.19. The van der Waals surface area contributed by atoms with Crippen molar-refractivity contribution in [2.45, 2.75) is 150 Å². The topological polar surface area (TPSA) is 444 Å². The Labute approximate surface area is 437 Å². The number of carbonyl (C=O) groups excluding carboxylic acids is 5. The number of nitrogens with zero attached hydrogens (tertiary/aromatic N) is 1. The van der Waals surface area contributed by atoms with Crippen molar-refractivity contribution in [1.82, 2.24) is 26.2 Å². The van der Waals surface area contributed by atoms with Crippen molar-refractivity contribution in [2.75, 3.05) is 78.9 Å². The predicted molar refractivity (Wildman–Crippen MR) is 255 cm³/mol. The zero-order chi connectivity index (χ0) is 55.7. The van der Waals surface area contributed by atoms with Crippen molar-refractivity contribution in [1.29, 1.82) is 0 Å². The van der Waals surface area contributed by atoms with Gasteiger partial charge in [-0.3, -0.25) is 28.9 Å². The van der Waals surface area contributed by atoms with Crippen LogP contribution in [0.15, 0.2) is 30.3 Å². The van der Waals surface area contributed by atoms with E-state index in [4.69, 9.17) is 33.2 Å². The Morgan fingerprint density at radius 2 is 0.921 bits per heavy atom. The largest absolute Gasteiger partial charge is 0.461 e. The monoisotopic (exact) mass is 1100 g/mol. The summed E-state index contributed by atoms with van der Waals surface area (Å²) in [5, 5.41) is 131. The van der Waals surface area contributed by atoms with Gasteiger partial charge < -0.3 is 116 Å². The van der Waals surface area contributed by atoms with Gasteiger partial charge in [-0.15, -0.1) is 0 Å². The number of aliphatic hydroxyl groups is 12. The van der Waals surface area contributed by atoms with Gasteiger partial charge in [-0.25, -0.2) is 0 Å². The van der Waals surface area contributed by atoms with Crippen molar-refractivity contribution < 1.29 is 118 Å². The molecule has 16 N–H and O–H groups in total. The molecule has 16 atom stereocenters. The Balaban J connectivity index is 1.39. The van der Waals surface area contributed by atoms with E-state index >= 15 is 0 Å². The zero-order valence-corrected chi connectivity index (χ0v) is 42.0. The number of benzene rings is 1. The van der Waals surface area contributed by atoms with Crippen molar-refractivity contribution >= 4 is 29.6 Å². The summed E-state index contributed by atoms with van der Waals surface area (Å²) in [6.07, 6.45) is -21.9. The quantitative estimate of drug-likeness (QED) is 0.0230. The second-order valence-electron chi connectivity index (χ2n) is 18.3. The van der Waals surface area contributed by atoms with E-state index in [-0.39, 0.29) is 84.2 Å². The fourth-order valence-electron chi connectivity index (χ4n) is 8.19. The molecule has 29 nitrogen and oxygen atoms in total. The number of ether oxygens (including phenoxy) is 7. The van der Waals surface area contributed by atoms with Crippen LogP contribution in [-0.4, -0.2) is 273 Å². The summed E-state index contributed by atoms with van der Waals surface area (Å²) in [7, 11) is 0. The van der Waals surface area contributed by atoms with Crippen LogP contribution in [0.5, 0.6) is 0 Å². The first-order valence-corrected chi connectivity index (χ1v) is 25.2. The molecule has 0 bridgehead atoms. The number of nitrogens with one attached hydrogen (secondary N) is 4. The maximum atomic E-state index is 14.1. The molecule has 1 aromatic rings. The number of unbranched alkanes of at least 4 members (excludes halogenated alkanes) is 2. The molecule has 3 fully saturated rings. The van der Waals surface area contributed by atoms with Crippen molar-refractivity contribution in [3.63, 3.8) is 0 Å². The number of carbonyl (C=O) groups is 5. The lowest BCUT2D eigenvalue weighted by Gasteiger charge is -2.39. The third-order valence-corrected chi connectivity index (χ3v) is 12.6. The van der Waals surface area contributed by atoms with E-state index in [0.29, 0.717) is 19.3 Å². The SMILES string of the molecule is O=C(CCCCC(=O)OCc1ccccc1)NCCCC[C@@H](C(=O)NCCO[C@H]1O[C@H](CO)[C@@H](O)[C@H](O)[C@@H]1O)N(CC(=O)NCCO[C@H]1O[C@H](CO)[C@@H](O)[C@H](O)[C@@H]1O)CC(=O)NCCO[C@H]1O[C@H](CO)[C@@H](O)[C@H](O)[C@@H]1O. The van der Waals surface area contributed by atoms with Gasteiger partial charge in [0.05, 0.1) is 58.8 Å². The van der Waals surface area contributed by atoms with E-state index in [9.17, 15) is 85.3 Å². The maximum absolute atomic E-state index is 14.1. The van der Waals surface area contributed by atoms with Gasteiger partial charge in [0.15, 0.2) is 18.9 Å². The van der Waals surface area contributed by atoms with Crippen LogP contribution < -0.4 is 21.3 Å². The molecule has 3 aliphatic heterocycles. The zero-order valence-electron chi connectivity index (χ0n) is 42.0. The molecule has 0 aliphatic carbocycles. The van der Waals surface area contributed by atoms with Crippen LogP contribution in [0.3, 0.4) is 0 Å². The molecule has 1 aromatic carbocycles. The number of rotatable bonds is 33. The standard InChI is InChI=1S/C47H77N5O24/c53-22-28-35(60)38(63)41(66)45(74-28)70-17-14-49-32(57)20-52(21-33(58)50-15-18-71-46-42(67)39(64)36(61)29(23-54)75-46)27(44(69)51-16-19-72-47-43(68)40(65)37(62)30(24-55)76-47)10-6-7-13-48-31(56)11-4-5-12-34(59)73-25-26-8-2-1-3-9-26/h1-3,8-9,27-30,35-43,45-47,53-55,60-68H,4-7,10-25H2,(H,48,56)(H,49,57)(H,50,58)(H,51,69)/t27-,28+,29+,30+,35+,36+,37+,38-,39-,40-,41-,42-,43-,45-,46-,47-/m0/s1. The minimum atomic E-state index is -1.73. The molecule has 4 rings (SSSR count). The van der Waals surface area contributed by atoms with Crippen LogP contribution in [0, 0.1) is 0 Å². The number of hydrogen-bond donors (Lipinski definition) is 16. The summed E-state index contributed by atoms with van der Waals surface area (Å²) in [6.45, 7) is -4.77. The van der Waals surface area contributed by atoms with Crippen LogP contribution in [0.25, 0.3) is 0 Å². The first-order chi connectivity index (χ1) is 36.4. The number of aliphatic hydroxyl groups excluding tert-OH is 12. The van der Waals surface area contributed by atoms with Gasteiger partial charge in [0.2, 0.25) is 23.6 Å². The van der Waals surface area contributed by atoms with Crippen molar-refractivity contribution in [3.8, 4) is 0 Å². The van der Waals surface area contributed by atoms with Crippen LogP contribution in [0.4, 0.5) is 0 Å². The molecule has 0 radical (unpaired) electrons. The molecule has 3 heterocycles. The van der Waals surface area contributed by atoms with E-state index in [1.165, 1.54) is 4.90 Å². The van der Waals surface area contributed by atoms with Gasteiger partial charge in [0.1, 0.15) is 79.9 Å². The molecule has 0 spiro atoms. The second-order valence-corrected chi connectivity index (χ2v) is 18.3. The number of hydrogen-bond acceptors (Lipinski definition) is 25. The highest BCUT2D eigenvalue weighted by atomic mass is 16.7. The predicted octanol–water partition coefficient (Wildman–Crippen LogP) is -7.95. The summed E-state index contributed by atoms with van der Waals surface area (Å²) in [5.41, 5.74) is 0.845. The summed E-state index contributed by atoms with van der Waals surface area (Å²) < 4.78 is 37.7. The van der Waals surface area contributed by atoms with Crippen LogP contribution in [0.1, 0.15) is 50.5 Å². The Kier molecular flexibility index (Phi) is 28.7. The van der Waals surface area contributed by atoms with Gasteiger partial charge in [-0.2, -0.15) is 0 Å². The van der Waals surface area contributed by atoms with E-state index in [1.807, 2.05) is 30.3 Å². The average molecular weight is 1100 g/mol. The third-order valence-electron chi connectivity index (χ3n) is 12.6. The lowest BCUT2D eigenvalue weighted by Crippen LogP contribution is -2.59. The number of amides is 4. The molecule has 434 valence electrons. The van der Waals surface area contributed by atoms with Gasteiger partial charge >= 0.3 is 5.97 Å². The highest BCUT2D eigenvalue weighted by Crippen LogP contribution is 2.24. The maximum Gasteiger partial charge on any atom is 0.306 e. The van der Waals surface area contributed by atoms with Gasteiger partial charge in [-0.05, 0) is 37.7 Å². The van der Waals surface area contributed by atoms with E-state index in [2.05, 4.69) is 21.3 Å². The van der Waals surface area contributed by atoms with Crippen molar-refractivity contribution in [2.24, 2.45) is 0 Å². The minimum Gasteiger partial charge on any atom is -0.461 e. The molecule has 3 aliphatic rings. The van der Waals surface area contributed by atoms with Crippen molar-refractivity contribution in [3.05, 3.63) is 35.9 Å². The third kappa shape index (κ3) is 20.6. The summed E-state index contributed by atoms with van der Waals surface area (Å²) in [5.74, 6) is -2.88. The fraction of sp³-hybridized carbons (Fsp3) is 0.766. The molecular formula is C47H77N5O24. The molecule has 0 unspecified atom stereocenters. The molecule has 0 aromatic heterocycles. The molecule has 76 heavy (non-hydrogen) atoms. The lowest BCUT2D eigenvalue weighted by atomic mass is 9.99. The average Bonchev–Trinajstić information content (AvgIpc) is 3.41.